The molecule has 0 spiro atoms. The molecule has 1 aromatic heterocycles. The summed E-state index contributed by atoms with van der Waals surface area (Å²) < 4.78 is 24.9. The summed E-state index contributed by atoms with van der Waals surface area (Å²) in [7, 11) is 0. The van der Waals surface area contributed by atoms with Gasteiger partial charge in [0, 0.05) is 12.1 Å². The van der Waals surface area contributed by atoms with Crippen LogP contribution in [0, 0.1) is 5.82 Å². The summed E-state index contributed by atoms with van der Waals surface area (Å²) in [4.78, 5) is 7.32. The number of nitrogens with zero attached hydrogens (tertiary/aromatic N) is 1. The lowest BCUT2D eigenvalue weighted by Crippen LogP contribution is -2.15. The van der Waals surface area contributed by atoms with E-state index in [0.29, 0.717) is 35.7 Å². The summed E-state index contributed by atoms with van der Waals surface area (Å²) in [6.07, 6.45) is 0. The minimum absolute atomic E-state index is 0.0495. The number of phenolic OH excluding ortho intramolecular Hbond substituents is 1. The molecule has 0 amide bonds. The van der Waals surface area contributed by atoms with Crippen LogP contribution < -0.4 is 9.47 Å². The van der Waals surface area contributed by atoms with E-state index in [1.165, 1.54) is 18.2 Å². The second kappa shape index (κ2) is 4.37. The van der Waals surface area contributed by atoms with E-state index in [-0.39, 0.29) is 17.1 Å². The second-order valence-electron chi connectivity index (χ2n) is 4.73. The molecular weight excluding hydrogens is 275 g/mol. The van der Waals surface area contributed by atoms with E-state index >= 15 is 0 Å². The average Bonchev–Trinajstić information content (AvgIpc) is 2.86. The zero-order chi connectivity index (χ0) is 14.4. The Bertz CT molecular complexity index is 781. The SMILES string of the molecule is Oc1cccc(F)c1-c1nc2cc3c(cc2[nH]1)OCCO3. The van der Waals surface area contributed by atoms with E-state index in [9.17, 15) is 9.50 Å². The molecule has 1 aliphatic rings. The molecule has 1 aliphatic heterocycles. The number of phenols is 1. The topological polar surface area (TPSA) is 67.4 Å². The third-order valence-corrected chi connectivity index (χ3v) is 3.37. The number of aromatic amines is 1. The molecule has 0 saturated carbocycles. The van der Waals surface area contributed by atoms with Gasteiger partial charge in [-0.05, 0) is 12.1 Å². The highest BCUT2D eigenvalue weighted by Crippen LogP contribution is 2.36. The fraction of sp³-hybridized carbons (Fsp3) is 0.133. The van der Waals surface area contributed by atoms with Gasteiger partial charge in [0.1, 0.15) is 30.6 Å². The van der Waals surface area contributed by atoms with Crippen LogP contribution in [-0.4, -0.2) is 28.3 Å². The van der Waals surface area contributed by atoms with Gasteiger partial charge in [0.15, 0.2) is 11.5 Å². The number of aromatic hydroxyl groups is 1. The van der Waals surface area contributed by atoms with E-state index in [1.54, 1.807) is 12.1 Å². The number of aromatic nitrogens is 2. The lowest BCUT2D eigenvalue weighted by atomic mass is 10.2. The number of halogens is 1. The van der Waals surface area contributed by atoms with Crippen LogP contribution in [-0.2, 0) is 0 Å². The number of hydrogen-bond acceptors (Lipinski definition) is 4. The second-order valence-corrected chi connectivity index (χ2v) is 4.73. The number of H-pyrrole nitrogens is 1. The molecule has 21 heavy (non-hydrogen) atoms. The smallest absolute Gasteiger partial charge is 0.163 e. The number of imidazole rings is 1. The summed E-state index contributed by atoms with van der Waals surface area (Å²) in [5.74, 6) is 0.812. The fourth-order valence-electron chi connectivity index (χ4n) is 2.41. The molecule has 2 heterocycles. The lowest BCUT2D eigenvalue weighted by Gasteiger charge is -2.17. The van der Waals surface area contributed by atoms with Crippen LogP contribution in [0.25, 0.3) is 22.4 Å². The molecule has 0 unspecified atom stereocenters. The van der Waals surface area contributed by atoms with Crippen LogP contribution in [0.4, 0.5) is 4.39 Å². The van der Waals surface area contributed by atoms with Crippen molar-refractivity contribution in [2.45, 2.75) is 0 Å². The van der Waals surface area contributed by atoms with Crippen LogP contribution >= 0.6 is 0 Å². The minimum atomic E-state index is -0.536. The van der Waals surface area contributed by atoms with Crippen LogP contribution in [0.3, 0.4) is 0 Å². The van der Waals surface area contributed by atoms with Crippen molar-refractivity contribution in [1.82, 2.24) is 9.97 Å². The molecule has 3 aromatic rings. The Morgan fingerprint density at radius 3 is 2.67 bits per heavy atom. The number of fused-ring (bicyclic) bond motifs is 2. The van der Waals surface area contributed by atoms with Crippen molar-refractivity contribution in [3.8, 4) is 28.6 Å². The Morgan fingerprint density at radius 1 is 1.14 bits per heavy atom. The fourth-order valence-corrected chi connectivity index (χ4v) is 2.41. The zero-order valence-corrected chi connectivity index (χ0v) is 10.9. The quantitative estimate of drug-likeness (QED) is 0.722. The predicted molar refractivity (Wildman–Crippen MR) is 74.1 cm³/mol. The monoisotopic (exact) mass is 286 g/mol. The Balaban J connectivity index is 1.91. The summed E-state index contributed by atoms with van der Waals surface area (Å²) in [5.41, 5.74) is 1.36. The Labute approximate surface area is 119 Å². The highest BCUT2D eigenvalue weighted by atomic mass is 19.1. The van der Waals surface area contributed by atoms with Crippen molar-refractivity contribution in [1.29, 1.82) is 0 Å². The van der Waals surface area contributed by atoms with E-state index in [1.807, 2.05) is 0 Å². The van der Waals surface area contributed by atoms with Gasteiger partial charge in [0.2, 0.25) is 0 Å². The first-order valence-electron chi connectivity index (χ1n) is 6.49. The van der Waals surface area contributed by atoms with Gasteiger partial charge in [-0.15, -0.1) is 0 Å². The predicted octanol–water partition coefficient (Wildman–Crippen LogP) is 2.85. The van der Waals surface area contributed by atoms with Gasteiger partial charge >= 0.3 is 0 Å². The number of hydrogen-bond donors (Lipinski definition) is 2. The highest BCUT2D eigenvalue weighted by Gasteiger charge is 2.18. The Kier molecular flexibility index (Phi) is 2.50. The first-order valence-corrected chi connectivity index (χ1v) is 6.49. The van der Waals surface area contributed by atoms with Crippen LogP contribution in [0.2, 0.25) is 0 Å². The molecule has 0 atom stereocenters. The molecule has 0 radical (unpaired) electrons. The summed E-state index contributed by atoms with van der Waals surface area (Å²) in [5, 5.41) is 9.83. The summed E-state index contributed by atoms with van der Waals surface area (Å²) in [6.45, 7) is 0.984. The molecule has 0 fully saturated rings. The van der Waals surface area contributed by atoms with Crippen molar-refractivity contribution in [2.75, 3.05) is 13.2 Å². The van der Waals surface area contributed by atoms with Gasteiger partial charge in [0.05, 0.1) is 16.6 Å². The largest absolute Gasteiger partial charge is 0.507 e. The van der Waals surface area contributed by atoms with Crippen molar-refractivity contribution in [3.63, 3.8) is 0 Å². The van der Waals surface area contributed by atoms with Gasteiger partial charge in [-0.3, -0.25) is 0 Å². The third-order valence-electron chi connectivity index (χ3n) is 3.37. The molecule has 2 N–H and O–H groups in total. The molecule has 0 saturated heterocycles. The number of rotatable bonds is 1. The van der Waals surface area contributed by atoms with Gasteiger partial charge in [-0.1, -0.05) is 6.07 Å². The summed E-state index contributed by atoms with van der Waals surface area (Å²) >= 11 is 0. The Morgan fingerprint density at radius 2 is 1.90 bits per heavy atom. The zero-order valence-electron chi connectivity index (χ0n) is 10.9. The number of benzene rings is 2. The lowest BCUT2D eigenvalue weighted by molar-refractivity contribution is 0.172. The first kappa shape index (κ1) is 12.0. The van der Waals surface area contributed by atoms with Crippen LogP contribution in [0.15, 0.2) is 30.3 Å². The molecule has 0 bridgehead atoms. The molecule has 6 heteroatoms. The van der Waals surface area contributed by atoms with Gasteiger partial charge in [-0.25, -0.2) is 9.37 Å². The molecular formula is C15H11FN2O3. The van der Waals surface area contributed by atoms with Crippen LogP contribution in [0.5, 0.6) is 17.2 Å². The normalized spacial score (nSPS) is 13.6. The maximum absolute atomic E-state index is 13.9. The Hall–Kier alpha value is -2.76. The van der Waals surface area contributed by atoms with E-state index < -0.39 is 5.82 Å². The highest BCUT2D eigenvalue weighted by molar-refractivity contribution is 5.84. The van der Waals surface area contributed by atoms with Crippen molar-refractivity contribution in [2.24, 2.45) is 0 Å². The van der Waals surface area contributed by atoms with Gasteiger partial charge in [0.25, 0.3) is 0 Å². The van der Waals surface area contributed by atoms with Crippen molar-refractivity contribution >= 4 is 11.0 Å². The standard InChI is InChI=1S/C15H11FN2O3/c16-8-2-1-3-11(19)14(8)15-17-9-6-12-13(7-10(9)18-15)21-5-4-20-12/h1-3,6-7,19H,4-5H2,(H,17,18). The molecule has 0 aliphatic carbocycles. The molecule has 2 aromatic carbocycles. The minimum Gasteiger partial charge on any atom is -0.507 e. The third kappa shape index (κ3) is 1.87. The van der Waals surface area contributed by atoms with E-state index in [0.717, 1.165) is 0 Å². The van der Waals surface area contributed by atoms with Crippen LogP contribution in [0.1, 0.15) is 0 Å². The summed E-state index contributed by atoms with van der Waals surface area (Å²) in [6, 6.07) is 7.64. The molecule has 5 nitrogen and oxygen atoms in total. The molecule has 106 valence electrons. The average molecular weight is 286 g/mol. The van der Waals surface area contributed by atoms with Gasteiger partial charge in [-0.2, -0.15) is 0 Å². The van der Waals surface area contributed by atoms with Gasteiger partial charge < -0.3 is 19.6 Å². The van der Waals surface area contributed by atoms with E-state index in [2.05, 4.69) is 9.97 Å². The molecule has 4 rings (SSSR count). The number of ether oxygens (including phenoxy) is 2. The first-order chi connectivity index (χ1) is 10.2. The van der Waals surface area contributed by atoms with Crippen molar-refractivity contribution in [3.05, 3.63) is 36.1 Å². The van der Waals surface area contributed by atoms with E-state index in [4.69, 9.17) is 9.47 Å². The number of nitrogens with one attached hydrogen (secondary N) is 1. The van der Waals surface area contributed by atoms with Crippen molar-refractivity contribution < 1.29 is 19.0 Å². The maximum Gasteiger partial charge on any atom is 0.163 e. The maximum atomic E-state index is 13.9.